The summed E-state index contributed by atoms with van der Waals surface area (Å²) in [5.74, 6) is -0.929. The highest BCUT2D eigenvalue weighted by atomic mass is 79.9. The van der Waals surface area contributed by atoms with E-state index in [4.69, 9.17) is 0 Å². The van der Waals surface area contributed by atoms with Gasteiger partial charge in [-0.15, -0.1) is 0 Å². The van der Waals surface area contributed by atoms with Gasteiger partial charge in [0.25, 0.3) is 0 Å². The highest BCUT2D eigenvalue weighted by molar-refractivity contribution is 9.10. The lowest BCUT2D eigenvalue weighted by molar-refractivity contribution is 0.0688. The first kappa shape index (κ1) is 12.1. The molecule has 2 rings (SSSR count). The van der Waals surface area contributed by atoms with Crippen LogP contribution in [0.25, 0.3) is 5.65 Å². The van der Waals surface area contributed by atoms with Crippen molar-refractivity contribution in [2.75, 3.05) is 0 Å². The van der Waals surface area contributed by atoms with Crippen molar-refractivity contribution < 1.29 is 9.90 Å². The minimum atomic E-state index is -0.929. The largest absolute Gasteiger partial charge is 0.477 e. The van der Waals surface area contributed by atoms with Crippen molar-refractivity contribution in [2.45, 2.75) is 26.2 Å². The van der Waals surface area contributed by atoms with Gasteiger partial charge in [0.2, 0.25) is 0 Å². The third-order valence-corrected chi connectivity index (χ3v) is 3.09. The van der Waals surface area contributed by atoms with Crippen LogP contribution in [-0.2, 0) is 6.42 Å². The number of unbranched alkanes of at least 4 members (excludes halogenated alkanes) is 1. The summed E-state index contributed by atoms with van der Waals surface area (Å²) >= 11 is 3.34. The molecule has 0 saturated carbocycles. The van der Waals surface area contributed by atoms with E-state index < -0.39 is 5.97 Å². The van der Waals surface area contributed by atoms with Gasteiger partial charge in [0.05, 0.1) is 5.69 Å². The minimum absolute atomic E-state index is 0.273. The van der Waals surface area contributed by atoms with Crippen LogP contribution >= 0.6 is 15.9 Å². The molecule has 0 amide bonds. The zero-order valence-electron chi connectivity index (χ0n) is 9.48. The lowest BCUT2D eigenvalue weighted by Gasteiger charge is -1.99. The standard InChI is InChI=1S/C12H13BrN2O2/c1-2-3-4-9-11(12(16)17)15-7-8(13)5-6-10(15)14-9/h5-7H,2-4H2,1H3,(H,16,17). The van der Waals surface area contributed by atoms with E-state index in [9.17, 15) is 9.90 Å². The van der Waals surface area contributed by atoms with E-state index in [1.807, 2.05) is 12.1 Å². The lowest BCUT2D eigenvalue weighted by atomic mass is 10.2. The van der Waals surface area contributed by atoms with Crippen LogP contribution in [0.1, 0.15) is 35.9 Å². The Morgan fingerprint density at radius 3 is 2.94 bits per heavy atom. The normalized spacial score (nSPS) is 10.9. The number of rotatable bonds is 4. The van der Waals surface area contributed by atoms with Gasteiger partial charge in [-0.3, -0.25) is 4.40 Å². The summed E-state index contributed by atoms with van der Waals surface area (Å²) in [4.78, 5) is 15.7. The maximum atomic E-state index is 11.3. The maximum absolute atomic E-state index is 11.3. The van der Waals surface area contributed by atoms with Crippen molar-refractivity contribution in [2.24, 2.45) is 0 Å². The maximum Gasteiger partial charge on any atom is 0.354 e. The Kier molecular flexibility index (Phi) is 3.47. The number of aryl methyl sites for hydroxylation is 1. The van der Waals surface area contributed by atoms with Gasteiger partial charge >= 0.3 is 5.97 Å². The van der Waals surface area contributed by atoms with Gasteiger partial charge in [-0.2, -0.15) is 0 Å². The number of hydrogen-bond acceptors (Lipinski definition) is 2. The SMILES string of the molecule is CCCCc1nc2ccc(Br)cn2c1C(=O)O. The van der Waals surface area contributed by atoms with E-state index in [1.165, 1.54) is 0 Å². The van der Waals surface area contributed by atoms with E-state index in [0.29, 0.717) is 17.8 Å². The molecule has 0 saturated heterocycles. The molecule has 0 atom stereocenters. The molecule has 0 bridgehead atoms. The Balaban J connectivity index is 2.58. The molecule has 2 aromatic rings. The Bertz CT molecular complexity index is 563. The second-order valence-corrected chi connectivity index (χ2v) is 4.81. The predicted octanol–water partition coefficient (Wildman–Crippen LogP) is 3.14. The van der Waals surface area contributed by atoms with Crippen molar-refractivity contribution >= 4 is 27.5 Å². The smallest absolute Gasteiger partial charge is 0.354 e. The summed E-state index contributed by atoms with van der Waals surface area (Å²) in [5, 5.41) is 9.27. The number of hydrogen-bond donors (Lipinski definition) is 1. The number of halogens is 1. The van der Waals surface area contributed by atoms with Crippen molar-refractivity contribution in [1.82, 2.24) is 9.38 Å². The average molecular weight is 297 g/mol. The molecule has 2 aromatic heterocycles. The molecule has 17 heavy (non-hydrogen) atoms. The highest BCUT2D eigenvalue weighted by Crippen LogP contribution is 2.18. The number of pyridine rings is 1. The Labute approximate surface area is 107 Å². The number of aromatic carboxylic acids is 1. The number of fused-ring (bicyclic) bond motifs is 1. The number of nitrogens with zero attached hydrogens (tertiary/aromatic N) is 2. The molecule has 0 aliphatic carbocycles. The van der Waals surface area contributed by atoms with Crippen LogP contribution in [0, 0.1) is 0 Å². The number of carboxylic acid groups (broad SMARTS) is 1. The van der Waals surface area contributed by atoms with Gasteiger partial charge in [0.1, 0.15) is 5.65 Å². The second kappa shape index (κ2) is 4.87. The zero-order chi connectivity index (χ0) is 12.4. The summed E-state index contributed by atoms with van der Waals surface area (Å²) in [5.41, 5.74) is 1.61. The van der Waals surface area contributed by atoms with Crippen molar-refractivity contribution in [3.8, 4) is 0 Å². The third-order valence-electron chi connectivity index (χ3n) is 2.62. The van der Waals surface area contributed by atoms with Gasteiger partial charge in [-0.25, -0.2) is 9.78 Å². The molecule has 2 heterocycles. The van der Waals surface area contributed by atoms with Crippen molar-refractivity contribution in [3.63, 3.8) is 0 Å². The van der Waals surface area contributed by atoms with Crippen LogP contribution in [-0.4, -0.2) is 20.5 Å². The van der Waals surface area contributed by atoms with Crippen LogP contribution in [0.15, 0.2) is 22.8 Å². The Morgan fingerprint density at radius 2 is 2.29 bits per heavy atom. The first-order valence-corrected chi connectivity index (χ1v) is 6.32. The molecule has 0 aromatic carbocycles. The molecule has 4 nitrogen and oxygen atoms in total. The average Bonchev–Trinajstić information content (AvgIpc) is 2.63. The van der Waals surface area contributed by atoms with Gasteiger partial charge in [0.15, 0.2) is 5.69 Å². The summed E-state index contributed by atoms with van der Waals surface area (Å²) < 4.78 is 2.46. The molecule has 1 N–H and O–H groups in total. The number of imidazole rings is 1. The summed E-state index contributed by atoms with van der Waals surface area (Å²) in [6.45, 7) is 2.08. The van der Waals surface area contributed by atoms with Crippen molar-refractivity contribution in [3.05, 3.63) is 34.2 Å². The van der Waals surface area contributed by atoms with E-state index in [2.05, 4.69) is 27.8 Å². The van der Waals surface area contributed by atoms with Crippen LogP contribution < -0.4 is 0 Å². The Morgan fingerprint density at radius 1 is 1.53 bits per heavy atom. The molecule has 90 valence electrons. The van der Waals surface area contributed by atoms with Gasteiger partial charge < -0.3 is 5.11 Å². The quantitative estimate of drug-likeness (QED) is 0.943. The molecule has 0 spiro atoms. The van der Waals surface area contributed by atoms with Crippen LogP contribution in [0.3, 0.4) is 0 Å². The van der Waals surface area contributed by atoms with Crippen LogP contribution in [0.4, 0.5) is 0 Å². The third kappa shape index (κ3) is 2.34. The van der Waals surface area contributed by atoms with E-state index >= 15 is 0 Å². The van der Waals surface area contributed by atoms with Gasteiger partial charge in [-0.05, 0) is 40.9 Å². The fraction of sp³-hybridized carbons (Fsp3) is 0.333. The molecular formula is C12H13BrN2O2. The number of carbonyl (C=O) groups is 1. The summed E-state index contributed by atoms with van der Waals surface area (Å²) in [7, 11) is 0. The summed E-state index contributed by atoms with van der Waals surface area (Å²) in [6, 6.07) is 3.67. The summed E-state index contributed by atoms with van der Waals surface area (Å²) in [6.07, 6.45) is 4.42. The fourth-order valence-corrected chi connectivity index (χ4v) is 2.15. The molecule has 0 unspecified atom stereocenters. The molecule has 0 aliphatic rings. The lowest BCUT2D eigenvalue weighted by Crippen LogP contribution is -2.05. The first-order valence-electron chi connectivity index (χ1n) is 5.53. The zero-order valence-corrected chi connectivity index (χ0v) is 11.1. The fourth-order valence-electron chi connectivity index (χ4n) is 1.81. The van der Waals surface area contributed by atoms with E-state index in [1.54, 1.807) is 10.6 Å². The van der Waals surface area contributed by atoms with Crippen LogP contribution in [0.5, 0.6) is 0 Å². The number of aromatic nitrogens is 2. The molecule has 5 heteroatoms. The van der Waals surface area contributed by atoms with Gasteiger partial charge in [0, 0.05) is 10.7 Å². The highest BCUT2D eigenvalue weighted by Gasteiger charge is 2.17. The van der Waals surface area contributed by atoms with Crippen LogP contribution in [0.2, 0.25) is 0 Å². The first-order chi connectivity index (χ1) is 8.13. The molecule has 0 aliphatic heterocycles. The Hall–Kier alpha value is -1.36. The van der Waals surface area contributed by atoms with Crippen molar-refractivity contribution in [1.29, 1.82) is 0 Å². The topological polar surface area (TPSA) is 54.6 Å². The molecular weight excluding hydrogens is 284 g/mol. The van der Waals surface area contributed by atoms with E-state index in [-0.39, 0.29) is 5.69 Å². The minimum Gasteiger partial charge on any atom is -0.477 e. The second-order valence-electron chi connectivity index (χ2n) is 3.89. The predicted molar refractivity (Wildman–Crippen MR) is 68.5 cm³/mol. The van der Waals surface area contributed by atoms with Gasteiger partial charge in [-0.1, -0.05) is 13.3 Å². The molecule has 0 radical (unpaired) electrons. The monoisotopic (exact) mass is 296 g/mol. The number of carboxylic acids is 1. The molecule has 0 fully saturated rings. The van der Waals surface area contributed by atoms with E-state index in [0.717, 1.165) is 17.3 Å².